The molecular formula is C18H28N2. The van der Waals surface area contributed by atoms with Crippen molar-refractivity contribution in [3.05, 3.63) is 30.2 Å². The highest BCUT2D eigenvalue weighted by Gasteiger charge is 2.13. The lowest BCUT2D eigenvalue weighted by Crippen LogP contribution is -2.02. The fourth-order valence-corrected chi connectivity index (χ4v) is 2.89. The summed E-state index contributed by atoms with van der Waals surface area (Å²) >= 11 is 0. The highest BCUT2D eigenvalue weighted by atomic mass is 14.7. The van der Waals surface area contributed by atoms with Crippen molar-refractivity contribution < 1.29 is 0 Å². The fourth-order valence-electron chi connectivity index (χ4n) is 2.89. The van der Waals surface area contributed by atoms with Gasteiger partial charge in [-0.05, 0) is 25.0 Å². The molecule has 2 heteroatoms. The second-order valence-corrected chi connectivity index (χ2v) is 5.86. The molecule has 1 unspecified atom stereocenters. The molecule has 0 bridgehead atoms. The van der Waals surface area contributed by atoms with Gasteiger partial charge in [0.15, 0.2) is 0 Å². The van der Waals surface area contributed by atoms with Crippen LogP contribution in [0.3, 0.4) is 0 Å². The minimum absolute atomic E-state index is 0.638. The first-order valence-electron chi connectivity index (χ1n) is 8.28. The number of pyridine rings is 1. The molecule has 0 spiro atoms. The van der Waals surface area contributed by atoms with Crippen LogP contribution in [0.2, 0.25) is 0 Å². The Balaban J connectivity index is 2.03. The zero-order valence-corrected chi connectivity index (χ0v) is 13.0. The maximum atomic E-state index is 4.71. The standard InChI is InChI=1S/C18H28N2/c1-3-5-7-8-10-15(9-6-4-2)17-13-18-16(14-20-17)11-12-19-18/h11-15,19H,3-10H2,1-2H3. The van der Waals surface area contributed by atoms with Crippen molar-refractivity contribution >= 4 is 10.9 Å². The lowest BCUT2D eigenvalue weighted by atomic mass is 9.91. The molecular weight excluding hydrogens is 244 g/mol. The van der Waals surface area contributed by atoms with Crippen LogP contribution in [0.4, 0.5) is 0 Å². The minimum atomic E-state index is 0.638. The Kier molecular flexibility index (Phi) is 6.10. The van der Waals surface area contributed by atoms with Gasteiger partial charge in [0.1, 0.15) is 0 Å². The molecule has 0 radical (unpaired) electrons. The molecule has 1 N–H and O–H groups in total. The highest BCUT2D eigenvalue weighted by Crippen LogP contribution is 2.28. The quantitative estimate of drug-likeness (QED) is 0.573. The summed E-state index contributed by atoms with van der Waals surface area (Å²) in [5, 5.41) is 1.22. The second-order valence-electron chi connectivity index (χ2n) is 5.86. The van der Waals surface area contributed by atoms with Crippen molar-refractivity contribution in [3.8, 4) is 0 Å². The first kappa shape index (κ1) is 15.1. The predicted octanol–water partition coefficient (Wildman–Crippen LogP) is 5.81. The van der Waals surface area contributed by atoms with Crippen LogP contribution in [0, 0.1) is 0 Å². The molecule has 0 fully saturated rings. The third kappa shape index (κ3) is 4.09. The summed E-state index contributed by atoms with van der Waals surface area (Å²) in [5.41, 5.74) is 2.51. The average Bonchev–Trinajstić information content (AvgIpc) is 2.94. The molecule has 2 aromatic heterocycles. The zero-order chi connectivity index (χ0) is 14.2. The SMILES string of the molecule is CCCCCCC(CCCC)c1cc2[nH]ccc2cn1. The third-order valence-corrected chi connectivity index (χ3v) is 4.19. The minimum Gasteiger partial charge on any atom is -0.361 e. The number of H-pyrrole nitrogens is 1. The molecule has 2 rings (SSSR count). The number of rotatable bonds is 9. The van der Waals surface area contributed by atoms with Crippen LogP contribution in [0.1, 0.15) is 76.8 Å². The largest absolute Gasteiger partial charge is 0.361 e. The van der Waals surface area contributed by atoms with Crippen molar-refractivity contribution in [2.24, 2.45) is 0 Å². The predicted molar refractivity (Wildman–Crippen MR) is 87.1 cm³/mol. The zero-order valence-electron chi connectivity index (χ0n) is 13.0. The van der Waals surface area contributed by atoms with E-state index in [-0.39, 0.29) is 0 Å². The molecule has 0 aliphatic heterocycles. The molecule has 0 amide bonds. The van der Waals surface area contributed by atoms with Crippen molar-refractivity contribution in [3.63, 3.8) is 0 Å². The third-order valence-electron chi connectivity index (χ3n) is 4.19. The first-order valence-corrected chi connectivity index (χ1v) is 8.28. The molecule has 2 heterocycles. The molecule has 2 aromatic rings. The van der Waals surface area contributed by atoms with Crippen LogP contribution in [0.25, 0.3) is 10.9 Å². The second kappa shape index (κ2) is 8.08. The van der Waals surface area contributed by atoms with Crippen LogP contribution >= 0.6 is 0 Å². The van der Waals surface area contributed by atoms with E-state index in [4.69, 9.17) is 4.98 Å². The topological polar surface area (TPSA) is 28.7 Å². The molecule has 20 heavy (non-hydrogen) atoms. The molecule has 0 aromatic carbocycles. The van der Waals surface area contributed by atoms with Gasteiger partial charge in [0.05, 0.1) is 0 Å². The summed E-state index contributed by atoms with van der Waals surface area (Å²) in [5.74, 6) is 0.638. The van der Waals surface area contributed by atoms with E-state index in [0.29, 0.717) is 5.92 Å². The van der Waals surface area contributed by atoms with Crippen molar-refractivity contribution in [2.75, 3.05) is 0 Å². The Morgan fingerprint density at radius 2 is 1.85 bits per heavy atom. The van der Waals surface area contributed by atoms with Crippen LogP contribution in [0.15, 0.2) is 24.5 Å². The van der Waals surface area contributed by atoms with Gasteiger partial charge in [-0.1, -0.05) is 52.4 Å². The van der Waals surface area contributed by atoms with Gasteiger partial charge in [0.2, 0.25) is 0 Å². The van der Waals surface area contributed by atoms with Crippen LogP contribution in [-0.2, 0) is 0 Å². The Hall–Kier alpha value is -1.31. The highest BCUT2D eigenvalue weighted by molar-refractivity contribution is 5.78. The lowest BCUT2D eigenvalue weighted by Gasteiger charge is -2.16. The van der Waals surface area contributed by atoms with E-state index < -0.39 is 0 Å². The maximum Gasteiger partial charge on any atom is 0.0487 e. The van der Waals surface area contributed by atoms with Gasteiger partial charge in [-0.2, -0.15) is 0 Å². The normalized spacial score (nSPS) is 12.9. The van der Waals surface area contributed by atoms with Crippen LogP contribution in [0.5, 0.6) is 0 Å². The van der Waals surface area contributed by atoms with Gasteiger partial charge >= 0.3 is 0 Å². The summed E-state index contributed by atoms with van der Waals surface area (Å²) < 4.78 is 0. The van der Waals surface area contributed by atoms with E-state index in [1.807, 2.05) is 12.4 Å². The monoisotopic (exact) mass is 272 g/mol. The average molecular weight is 272 g/mol. The number of nitrogens with zero attached hydrogens (tertiary/aromatic N) is 1. The smallest absolute Gasteiger partial charge is 0.0487 e. The number of aromatic nitrogens is 2. The van der Waals surface area contributed by atoms with E-state index in [2.05, 4.69) is 31.0 Å². The number of hydrogen-bond acceptors (Lipinski definition) is 1. The number of nitrogens with one attached hydrogen (secondary N) is 1. The van der Waals surface area contributed by atoms with Crippen LogP contribution < -0.4 is 0 Å². The van der Waals surface area contributed by atoms with E-state index in [9.17, 15) is 0 Å². The molecule has 0 saturated heterocycles. The Bertz CT molecular complexity index is 501. The van der Waals surface area contributed by atoms with Crippen molar-refractivity contribution in [2.45, 2.75) is 71.1 Å². The summed E-state index contributed by atoms with van der Waals surface area (Å²) in [7, 11) is 0. The summed E-state index contributed by atoms with van der Waals surface area (Å²) in [6, 6.07) is 4.35. The number of unbranched alkanes of at least 4 members (excludes halogenated alkanes) is 4. The summed E-state index contributed by atoms with van der Waals surface area (Å²) in [6.07, 6.45) is 14.6. The van der Waals surface area contributed by atoms with E-state index in [0.717, 1.165) is 0 Å². The Morgan fingerprint density at radius 3 is 2.65 bits per heavy atom. The number of aromatic amines is 1. The fraction of sp³-hybridized carbons (Fsp3) is 0.611. The van der Waals surface area contributed by atoms with Gasteiger partial charge in [0, 0.05) is 34.9 Å². The maximum absolute atomic E-state index is 4.71. The summed E-state index contributed by atoms with van der Waals surface area (Å²) in [6.45, 7) is 4.55. The molecule has 110 valence electrons. The number of fused-ring (bicyclic) bond motifs is 1. The Labute approximate surface area is 123 Å². The van der Waals surface area contributed by atoms with E-state index >= 15 is 0 Å². The molecule has 1 atom stereocenters. The molecule has 0 saturated carbocycles. The van der Waals surface area contributed by atoms with Gasteiger partial charge in [-0.25, -0.2) is 0 Å². The summed E-state index contributed by atoms with van der Waals surface area (Å²) in [4.78, 5) is 8.02. The van der Waals surface area contributed by atoms with Gasteiger partial charge < -0.3 is 4.98 Å². The van der Waals surface area contributed by atoms with Gasteiger partial charge in [-0.3, -0.25) is 4.98 Å². The molecule has 0 aliphatic carbocycles. The van der Waals surface area contributed by atoms with E-state index in [1.54, 1.807) is 0 Å². The molecule has 2 nitrogen and oxygen atoms in total. The van der Waals surface area contributed by atoms with Crippen molar-refractivity contribution in [1.82, 2.24) is 9.97 Å². The first-order chi connectivity index (χ1) is 9.85. The van der Waals surface area contributed by atoms with Gasteiger partial charge in [0.25, 0.3) is 0 Å². The van der Waals surface area contributed by atoms with Crippen LogP contribution in [-0.4, -0.2) is 9.97 Å². The van der Waals surface area contributed by atoms with E-state index in [1.165, 1.54) is 68.0 Å². The lowest BCUT2D eigenvalue weighted by molar-refractivity contribution is 0.501. The molecule has 0 aliphatic rings. The Morgan fingerprint density at radius 1 is 1.05 bits per heavy atom. The van der Waals surface area contributed by atoms with Crippen molar-refractivity contribution in [1.29, 1.82) is 0 Å². The number of hydrogen-bond donors (Lipinski definition) is 1. The van der Waals surface area contributed by atoms with Gasteiger partial charge in [-0.15, -0.1) is 0 Å².